The first kappa shape index (κ1) is 22.0. The molecular weight excluding hydrogens is 376 g/mol. The van der Waals surface area contributed by atoms with Gasteiger partial charge >= 0.3 is 0 Å². The van der Waals surface area contributed by atoms with Crippen molar-refractivity contribution in [2.24, 2.45) is 0 Å². The molecule has 0 saturated heterocycles. The average Bonchev–Trinajstić information content (AvgIpc) is 2.78. The molecule has 5 nitrogen and oxygen atoms in total. The number of unbranched alkanes of at least 4 members (excludes halogenated alkanes) is 3. The third-order valence-corrected chi connectivity index (χ3v) is 5.79. The van der Waals surface area contributed by atoms with Crippen molar-refractivity contribution in [3.05, 3.63) is 53.6 Å². The molecule has 3 rings (SSSR count). The van der Waals surface area contributed by atoms with Gasteiger partial charge in [-0.1, -0.05) is 51.3 Å². The highest BCUT2D eigenvalue weighted by atomic mass is 16.5. The lowest BCUT2D eigenvalue weighted by atomic mass is 10.0. The van der Waals surface area contributed by atoms with Gasteiger partial charge in [0.1, 0.15) is 6.17 Å². The summed E-state index contributed by atoms with van der Waals surface area (Å²) in [7, 11) is 1.66. The minimum absolute atomic E-state index is 0.0546. The highest BCUT2D eigenvalue weighted by Gasteiger charge is 2.35. The third-order valence-electron chi connectivity index (χ3n) is 5.79. The quantitative estimate of drug-likeness (QED) is 0.487. The highest BCUT2D eigenvalue weighted by molar-refractivity contribution is 6.01. The maximum atomic E-state index is 13.3. The van der Waals surface area contributed by atoms with E-state index in [1.165, 1.54) is 19.3 Å². The van der Waals surface area contributed by atoms with Gasteiger partial charge in [-0.15, -0.1) is 0 Å². The van der Waals surface area contributed by atoms with Crippen molar-refractivity contribution in [1.82, 2.24) is 4.90 Å². The zero-order valence-corrected chi connectivity index (χ0v) is 18.6. The number of carbonyl (C=O) groups is 1. The molecule has 0 radical (unpaired) electrons. The molecule has 1 heterocycles. The minimum Gasteiger partial charge on any atom is -0.493 e. The Morgan fingerprint density at radius 3 is 2.60 bits per heavy atom. The molecule has 2 aromatic carbocycles. The summed E-state index contributed by atoms with van der Waals surface area (Å²) in [5.74, 6) is 1.49. The molecule has 0 aromatic heterocycles. The van der Waals surface area contributed by atoms with Crippen LogP contribution in [0.15, 0.2) is 42.5 Å². The molecule has 1 aliphatic rings. The maximum absolute atomic E-state index is 13.3. The van der Waals surface area contributed by atoms with E-state index in [-0.39, 0.29) is 18.1 Å². The van der Waals surface area contributed by atoms with Crippen LogP contribution in [0, 0.1) is 0 Å². The van der Waals surface area contributed by atoms with Crippen LogP contribution in [0.4, 0.5) is 5.69 Å². The zero-order valence-electron chi connectivity index (χ0n) is 18.6. The third kappa shape index (κ3) is 4.72. The highest BCUT2D eigenvalue weighted by Crippen LogP contribution is 2.38. The van der Waals surface area contributed by atoms with Crippen molar-refractivity contribution < 1.29 is 14.3 Å². The molecule has 0 spiro atoms. The number of methoxy groups -OCH3 is 1. The molecule has 2 atom stereocenters. The van der Waals surface area contributed by atoms with Crippen molar-refractivity contribution in [2.75, 3.05) is 19.0 Å². The topological polar surface area (TPSA) is 50.8 Å². The van der Waals surface area contributed by atoms with E-state index in [1.54, 1.807) is 7.11 Å². The fraction of sp³-hybridized carbons (Fsp3) is 0.480. The van der Waals surface area contributed by atoms with E-state index in [2.05, 4.69) is 26.1 Å². The van der Waals surface area contributed by atoms with E-state index in [1.807, 2.05) is 47.4 Å². The summed E-state index contributed by atoms with van der Waals surface area (Å²) in [5.41, 5.74) is 2.56. The van der Waals surface area contributed by atoms with E-state index in [4.69, 9.17) is 9.47 Å². The first-order valence-electron chi connectivity index (χ1n) is 11.1. The second-order valence-electron chi connectivity index (χ2n) is 7.88. The Morgan fingerprint density at radius 2 is 1.87 bits per heavy atom. The molecule has 0 bridgehead atoms. The second-order valence-corrected chi connectivity index (χ2v) is 7.88. The fourth-order valence-corrected chi connectivity index (χ4v) is 3.85. The number of benzene rings is 2. The van der Waals surface area contributed by atoms with Crippen LogP contribution in [-0.2, 0) is 0 Å². The number of rotatable bonds is 10. The number of ether oxygens (including phenoxy) is 2. The summed E-state index contributed by atoms with van der Waals surface area (Å²) in [6, 6.07) is 13.8. The Labute approximate surface area is 180 Å². The van der Waals surface area contributed by atoms with Gasteiger partial charge in [0.05, 0.1) is 19.3 Å². The molecule has 0 fully saturated rings. The van der Waals surface area contributed by atoms with Crippen LogP contribution >= 0.6 is 0 Å². The Balaban J connectivity index is 1.86. The molecule has 0 saturated carbocycles. The molecule has 1 N–H and O–H groups in total. The molecule has 30 heavy (non-hydrogen) atoms. The Morgan fingerprint density at radius 1 is 1.07 bits per heavy atom. The predicted molar refractivity (Wildman–Crippen MR) is 121 cm³/mol. The average molecular weight is 411 g/mol. The van der Waals surface area contributed by atoms with Gasteiger partial charge in [-0.3, -0.25) is 4.79 Å². The summed E-state index contributed by atoms with van der Waals surface area (Å²) in [4.78, 5) is 15.2. The lowest BCUT2D eigenvalue weighted by molar-refractivity contribution is 0.0593. The lowest BCUT2D eigenvalue weighted by Crippen LogP contribution is -2.47. The largest absolute Gasteiger partial charge is 0.493 e. The summed E-state index contributed by atoms with van der Waals surface area (Å²) in [6.07, 6.45) is 5.27. The van der Waals surface area contributed by atoms with Crippen LogP contribution in [0.25, 0.3) is 0 Å². The smallest absolute Gasteiger partial charge is 0.258 e. The van der Waals surface area contributed by atoms with Gasteiger partial charge in [0.25, 0.3) is 5.91 Å². The Hall–Kier alpha value is -2.69. The van der Waals surface area contributed by atoms with Gasteiger partial charge in [-0.25, -0.2) is 0 Å². The Kier molecular flexibility index (Phi) is 7.61. The molecule has 5 heteroatoms. The van der Waals surface area contributed by atoms with Crippen molar-refractivity contribution >= 4 is 11.6 Å². The van der Waals surface area contributed by atoms with Crippen molar-refractivity contribution in [3.8, 4) is 11.5 Å². The second kappa shape index (κ2) is 10.4. The number of anilines is 1. The van der Waals surface area contributed by atoms with E-state index in [0.717, 1.165) is 29.8 Å². The SMILES string of the molecule is CCCCCCOc1ccc(C2Nc3ccccc3C(=O)N2C(C)CC)cc1OC. The number of carbonyl (C=O) groups excluding carboxylic acids is 1. The zero-order chi connectivity index (χ0) is 21.5. The predicted octanol–water partition coefficient (Wildman–Crippen LogP) is 6.02. The van der Waals surface area contributed by atoms with Gasteiger partial charge < -0.3 is 19.7 Å². The molecule has 2 aromatic rings. The van der Waals surface area contributed by atoms with Crippen LogP contribution < -0.4 is 14.8 Å². The Bertz CT molecular complexity index is 852. The van der Waals surface area contributed by atoms with Crippen LogP contribution in [0.1, 0.15) is 75.0 Å². The van der Waals surface area contributed by atoms with Gasteiger partial charge in [-0.2, -0.15) is 0 Å². The number of hydrogen-bond acceptors (Lipinski definition) is 4. The fourth-order valence-electron chi connectivity index (χ4n) is 3.85. The van der Waals surface area contributed by atoms with Crippen LogP contribution in [0.3, 0.4) is 0 Å². The first-order chi connectivity index (χ1) is 14.6. The number of hydrogen-bond donors (Lipinski definition) is 1. The van der Waals surface area contributed by atoms with Crippen molar-refractivity contribution in [1.29, 1.82) is 0 Å². The minimum atomic E-state index is -0.255. The van der Waals surface area contributed by atoms with Gasteiger partial charge in [0.2, 0.25) is 0 Å². The van der Waals surface area contributed by atoms with Gasteiger partial charge in [0, 0.05) is 11.7 Å². The van der Waals surface area contributed by atoms with E-state index < -0.39 is 0 Å². The van der Waals surface area contributed by atoms with E-state index >= 15 is 0 Å². The molecule has 162 valence electrons. The van der Waals surface area contributed by atoms with Crippen LogP contribution in [0.2, 0.25) is 0 Å². The molecule has 2 unspecified atom stereocenters. The molecule has 1 amide bonds. The first-order valence-corrected chi connectivity index (χ1v) is 11.1. The van der Waals surface area contributed by atoms with E-state index in [9.17, 15) is 4.79 Å². The summed E-state index contributed by atoms with van der Waals surface area (Å²) in [6.45, 7) is 7.08. The normalized spacial score (nSPS) is 16.6. The van der Waals surface area contributed by atoms with Crippen LogP contribution in [0.5, 0.6) is 11.5 Å². The van der Waals surface area contributed by atoms with Gasteiger partial charge in [-0.05, 0) is 49.6 Å². The van der Waals surface area contributed by atoms with Crippen molar-refractivity contribution in [2.45, 2.75) is 65.1 Å². The van der Waals surface area contributed by atoms with Crippen LogP contribution in [-0.4, -0.2) is 30.6 Å². The summed E-state index contributed by atoms with van der Waals surface area (Å²) in [5, 5.41) is 3.55. The van der Waals surface area contributed by atoms with E-state index in [0.29, 0.717) is 17.9 Å². The molecule has 0 aliphatic carbocycles. The number of para-hydroxylation sites is 1. The maximum Gasteiger partial charge on any atom is 0.258 e. The number of nitrogens with one attached hydrogen (secondary N) is 1. The number of amides is 1. The van der Waals surface area contributed by atoms with Gasteiger partial charge in [0.15, 0.2) is 11.5 Å². The molecule has 1 aliphatic heterocycles. The number of nitrogens with zero attached hydrogens (tertiary/aromatic N) is 1. The summed E-state index contributed by atoms with van der Waals surface area (Å²) < 4.78 is 11.6. The lowest BCUT2D eigenvalue weighted by Gasteiger charge is -2.41. The standard InChI is InChI=1S/C25H34N2O3/c1-5-7-8-11-16-30-22-15-14-19(17-23(22)29-4)24-26-21-13-10-9-12-20(21)25(28)27(24)18(3)6-2/h9-10,12-15,17-18,24,26H,5-8,11,16H2,1-4H3. The number of fused-ring (bicyclic) bond motifs is 1. The molecular formula is C25H34N2O3. The monoisotopic (exact) mass is 410 g/mol. The van der Waals surface area contributed by atoms with Crippen molar-refractivity contribution in [3.63, 3.8) is 0 Å². The summed E-state index contributed by atoms with van der Waals surface area (Å²) >= 11 is 0.